The first-order valence-electron chi connectivity index (χ1n) is 15.0. The number of Topliss-reactive ketones (excluding diaryl/α,β-unsaturated/α-hetero) is 2. The highest BCUT2D eigenvalue weighted by Gasteiger charge is 2.50. The number of rotatable bonds is 16. The molecule has 238 valence electrons. The number of nitrogens with zero attached hydrogens (tertiary/aromatic N) is 1. The van der Waals surface area contributed by atoms with Gasteiger partial charge in [-0.25, -0.2) is 0 Å². The van der Waals surface area contributed by atoms with Gasteiger partial charge in [-0.15, -0.1) is 0 Å². The molecule has 0 saturated carbocycles. The monoisotopic (exact) mass is 609 g/mol. The number of morpholine rings is 1. The molecule has 2 heterocycles. The molecule has 0 aliphatic carbocycles. The van der Waals surface area contributed by atoms with Crippen LogP contribution in [0.2, 0.25) is 0 Å². The van der Waals surface area contributed by atoms with Crippen LogP contribution in [0.25, 0.3) is 0 Å². The minimum absolute atomic E-state index is 0.0370. The maximum Gasteiger partial charge on any atom is 0.243 e. The molecule has 11 nitrogen and oxygen atoms in total. The van der Waals surface area contributed by atoms with Crippen LogP contribution in [-0.4, -0.2) is 99.6 Å². The van der Waals surface area contributed by atoms with Crippen molar-refractivity contribution in [1.82, 2.24) is 15.5 Å². The third kappa shape index (κ3) is 9.35. The molecule has 2 aliphatic rings. The zero-order valence-electron chi connectivity index (χ0n) is 25.9. The van der Waals surface area contributed by atoms with Gasteiger partial charge in [0.05, 0.1) is 46.6 Å². The summed E-state index contributed by atoms with van der Waals surface area (Å²) in [7, 11) is 3.06. The minimum Gasteiger partial charge on any atom is -0.497 e. The summed E-state index contributed by atoms with van der Waals surface area (Å²) >= 11 is 0. The van der Waals surface area contributed by atoms with E-state index in [1.807, 2.05) is 35.2 Å². The second-order valence-electron chi connectivity index (χ2n) is 11.7. The van der Waals surface area contributed by atoms with Crippen molar-refractivity contribution in [3.8, 4) is 11.5 Å². The SMILES string of the molecule is COc1cc(C[C@H](NC(=O)[C@H](C)CC(=O)CN2CCOCC2)C(=O)N[C@@H](Cc2ccccc2)C(=O)[C@@]2(C)CO2)cc(OC)c1. The third-order valence-electron chi connectivity index (χ3n) is 7.98. The number of ether oxygens (including phenoxy) is 4. The maximum atomic E-state index is 13.9. The summed E-state index contributed by atoms with van der Waals surface area (Å²) in [5.41, 5.74) is 0.600. The zero-order valence-corrected chi connectivity index (χ0v) is 25.9. The van der Waals surface area contributed by atoms with Crippen molar-refractivity contribution in [3.63, 3.8) is 0 Å². The molecular formula is C33H43N3O8. The number of carbonyl (C=O) groups excluding carboxylic acids is 4. The van der Waals surface area contributed by atoms with Gasteiger partial charge < -0.3 is 29.6 Å². The number of carbonyl (C=O) groups is 4. The zero-order chi connectivity index (χ0) is 31.7. The van der Waals surface area contributed by atoms with Crippen molar-refractivity contribution >= 4 is 23.4 Å². The van der Waals surface area contributed by atoms with Crippen LogP contribution in [0.5, 0.6) is 11.5 Å². The number of nitrogens with one attached hydrogen (secondary N) is 2. The molecule has 44 heavy (non-hydrogen) atoms. The van der Waals surface area contributed by atoms with E-state index in [-0.39, 0.29) is 44.0 Å². The molecule has 4 atom stereocenters. The molecule has 2 amide bonds. The van der Waals surface area contributed by atoms with Gasteiger partial charge in [-0.05, 0) is 36.6 Å². The maximum absolute atomic E-state index is 13.9. The summed E-state index contributed by atoms with van der Waals surface area (Å²) in [6, 6.07) is 12.7. The van der Waals surface area contributed by atoms with Gasteiger partial charge in [0.15, 0.2) is 5.78 Å². The molecule has 2 aromatic rings. The number of benzene rings is 2. The van der Waals surface area contributed by atoms with Gasteiger partial charge in [-0.2, -0.15) is 0 Å². The van der Waals surface area contributed by atoms with Gasteiger partial charge in [-0.3, -0.25) is 24.1 Å². The number of hydrogen-bond acceptors (Lipinski definition) is 9. The van der Waals surface area contributed by atoms with Crippen LogP contribution < -0.4 is 20.1 Å². The highest BCUT2D eigenvalue weighted by Crippen LogP contribution is 2.29. The lowest BCUT2D eigenvalue weighted by Gasteiger charge is -2.27. The van der Waals surface area contributed by atoms with Crippen molar-refractivity contribution < 1.29 is 38.1 Å². The number of ketones is 2. The summed E-state index contributed by atoms with van der Waals surface area (Å²) in [6.07, 6.45) is 0.402. The van der Waals surface area contributed by atoms with Crippen molar-refractivity contribution in [2.24, 2.45) is 5.92 Å². The second-order valence-corrected chi connectivity index (χ2v) is 11.7. The van der Waals surface area contributed by atoms with E-state index in [4.69, 9.17) is 18.9 Å². The second kappa shape index (κ2) is 15.3. The van der Waals surface area contributed by atoms with Crippen LogP contribution in [0, 0.1) is 5.92 Å². The molecule has 2 fully saturated rings. The van der Waals surface area contributed by atoms with Gasteiger partial charge in [0.1, 0.15) is 28.9 Å². The van der Waals surface area contributed by atoms with E-state index in [0.717, 1.165) is 5.56 Å². The van der Waals surface area contributed by atoms with Crippen LogP contribution in [0.1, 0.15) is 31.4 Å². The molecule has 0 unspecified atom stereocenters. The van der Waals surface area contributed by atoms with Crippen LogP contribution in [0.3, 0.4) is 0 Å². The van der Waals surface area contributed by atoms with E-state index in [1.54, 1.807) is 32.0 Å². The summed E-state index contributed by atoms with van der Waals surface area (Å²) in [5.74, 6) is -0.849. The summed E-state index contributed by atoms with van der Waals surface area (Å²) in [5, 5.41) is 5.75. The molecule has 2 aliphatic heterocycles. The third-order valence-corrected chi connectivity index (χ3v) is 7.98. The Hall–Kier alpha value is -3.80. The fourth-order valence-corrected chi connectivity index (χ4v) is 5.20. The van der Waals surface area contributed by atoms with Crippen LogP contribution >= 0.6 is 0 Å². The lowest BCUT2D eigenvalue weighted by molar-refractivity contribution is -0.134. The van der Waals surface area contributed by atoms with Gasteiger partial charge >= 0.3 is 0 Å². The molecule has 0 aromatic heterocycles. The highest BCUT2D eigenvalue weighted by molar-refractivity contribution is 5.98. The van der Waals surface area contributed by atoms with Crippen molar-refractivity contribution in [3.05, 3.63) is 59.7 Å². The van der Waals surface area contributed by atoms with E-state index in [2.05, 4.69) is 10.6 Å². The molecular weight excluding hydrogens is 566 g/mol. The molecule has 2 saturated heterocycles. The van der Waals surface area contributed by atoms with Crippen molar-refractivity contribution in [2.75, 3.05) is 53.7 Å². The standard InChI is InChI=1S/C33H43N3O8/c1-22(14-25(37)20-36-10-12-43-13-11-36)31(39)35-29(18-24-15-26(41-3)19-27(16-24)42-4)32(40)34-28(30(38)33(2)21-44-33)17-23-8-6-5-7-9-23/h5-9,15-16,19,22,28-29H,10-14,17-18,20-21H2,1-4H3,(H,34,40)(H,35,39)/t22-,28+,29+,33-/m1/s1. The minimum atomic E-state index is -1.05. The number of epoxide rings is 1. The molecule has 4 rings (SSSR count). The Morgan fingerprint density at radius 1 is 0.886 bits per heavy atom. The first-order valence-corrected chi connectivity index (χ1v) is 15.0. The average Bonchev–Trinajstić information content (AvgIpc) is 3.78. The first-order chi connectivity index (χ1) is 21.1. The van der Waals surface area contributed by atoms with Gasteiger partial charge in [0.25, 0.3) is 0 Å². The quantitative estimate of drug-likeness (QED) is 0.273. The van der Waals surface area contributed by atoms with Crippen LogP contribution in [0.15, 0.2) is 48.5 Å². The van der Waals surface area contributed by atoms with E-state index in [0.29, 0.717) is 43.4 Å². The fourth-order valence-electron chi connectivity index (χ4n) is 5.20. The van der Waals surface area contributed by atoms with Gasteiger partial charge in [-0.1, -0.05) is 37.3 Å². The van der Waals surface area contributed by atoms with E-state index >= 15 is 0 Å². The Morgan fingerprint density at radius 2 is 1.48 bits per heavy atom. The highest BCUT2D eigenvalue weighted by atomic mass is 16.6. The van der Waals surface area contributed by atoms with Crippen molar-refractivity contribution in [2.45, 2.75) is 50.8 Å². The number of amides is 2. The molecule has 0 bridgehead atoms. The van der Waals surface area contributed by atoms with Crippen LogP contribution in [0.4, 0.5) is 0 Å². The topological polar surface area (TPSA) is 136 Å². The Labute approximate surface area is 258 Å². The number of hydrogen-bond donors (Lipinski definition) is 2. The predicted octanol–water partition coefficient (Wildman–Crippen LogP) is 1.74. The molecule has 2 N–H and O–H groups in total. The fraction of sp³-hybridized carbons (Fsp3) is 0.515. The Bertz CT molecular complexity index is 1290. The van der Waals surface area contributed by atoms with Crippen LogP contribution in [-0.2, 0) is 41.5 Å². The Balaban J connectivity index is 1.51. The van der Waals surface area contributed by atoms with E-state index in [1.165, 1.54) is 14.2 Å². The lowest BCUT2D eigenvalue weighted by Crippen LogP contribution is -2.55. The van der Waals surface area contributed by atoms with Gasteiger partial charge in [0.2, 0.25) is 11.8 Å². The van der Waals surface area contributed by atoms with Gasteiger partial charge in [0, 0.05) is 37.9 Å². The first kappa shape index (κ1) is 33.1. The summed E-state index contributed by atoms with van der Waals surface area (Å²) in [6.45, 7) is 6.41. The van der Waals surface area contributed by atoms with E-state index < -0.39 is 35.4 Å². The lowest BCUT2D eigenvalue weighted by atomic mass is 9.94. The number of methoxy groups -OCH3 is 2. The summed E-state index contributed by atoms with van der Waals surface area (Å²) in [4.78, 5) is 55.5. The summed E-state index contributed by atoms with van der Waals surface area (Å²) < 4.78 is 21.5. The van der Waals surface area contributed by atoms with Crippen molar-refractivity contribution in [1.29, 1.82) is 0 Å². The molecule has 2 aromatic carbocycles. The smallest absolute Gasteiger partial charge is 0.243 e. The molecule has 11 heteroatoms. The largest absolute Gasteiger partial charge is 0.497 e. The molecule has 0 radical (unpaired) electrons. The molecule has 0 spiro atoms. The normalized spacial score (nSPS) is 20.1. The van der Waals surface area contributed by atoms with E-state index in [9.17, 15) is 19.2 Å². The predicted molar refractivity (Wildman–Crippen MR) is 163 cm³/mol. The Morgan fingerprint density at radius 3 is 2.07 bits per heavy atom. The average molecular weight is 610 g/mol. The Kier molecular flexibility index (Phi) is 11.5.